The van der Waals surface area contributed by atoms with E-state index >= 15 is 0 Å². The van der Waals surface area contributed by atoms with Crippen molar-refractivity contribution in [2.24, 2.45) is 0 Å². The molecule has 9 heteroatoms. The van der Waals surface area contributed by atoms with Gasteiger partial charge in [-0.05, 0) is 49.7 Å². The minimum absolute atomic E-state index is 0.165. The normalized spacial score (nSPS) is 10.6. The Kier molecular flexibility index (Phi) is 6.67. The molecule has 0 spiro atoms. The quantitative estimate of drug-likeness (QED) is 0.323. The van der Waals surface area contributed by atoms with Gasteiger partial charge in [0.1, 0.15) is 17.0 Å². The first kappa shape index (κ1) is 22.7. The number of ether oxygens (including phenoxy) is 4. The number of anilines is 1. The van der Waals surface area contributed by atoms with Gasteiger partial charge in [-0.15, -0.1) is 0 Å². The number of rotatable bonds is 8. The van der Waals surface area contributed by atoms with Crippen LogP contribution in [0.15, 0.2) is 36.5 Å². The van der Waals surface area contributed by atoms with Gasteiger partial charge in [-0.2, -0.15) is 0 Å². The number of carbonyl (C=O) groups is 3. The topological polar surface area (TPSA) is 119 Å². The van der Waals surface area contributed by atoms with Crippen molar-refractivity contribution in [1.82, 2.24) is 4.40 Å². The molecule has 3 aromatic rings. The van der Waals surface area contributed by atoms with Crippen LogP contribution in [0, 0.1) is 6.92 Å². The number of hydrogen-bond acceptors (Lipinski definition) is 8. The highest BCUT2D eigenvalue weighted by atomic mass is 16.6. The van der Waals surface area contributed by atoms with Crippen LogP contribution in [0.1, 0.15) is 38.9 Å². The first-order valence-corrected chi connectivity index (χ1v) is 9.82. The monoisotopic (exact) mass is 440 g/mol. The van der Waals surface area contributed by atoms with Gasteiger partial charge < -0.3 is 29.1 Å². The second-order valence-electron chi connectivity index (χ2n) is 6.81. The number of methoxy groups -OCH3 is 2. The zero-order chi connectivity index (χ0) is 23.4. The molecule has 0 aliphatic heterocycles. The number of nitrogens with two attached hydrogens (primary N) is 1. The number of aromatic nitrogens is 1. The van der Waals surface area contributed by atoms with Crippen LogP contribution in [0.4, 0.5) is 5.69 Å². The van der Waals surface area contributed by atoms with Crippen molar-refractivity contribution < 1.29 is 33.3 Å². The van der Waals surface area contributed by atoms with E-state index < -0.39 is 11.9 Å². The highest BCUT2D eigenvalue weighted by molar-refractivity contribution is 6.13. The summed E-state index contributed by atoms with van der Waals surface area (Å²) in [7, 11) is 2.71. The van der Waals surface area contributed by atoms with E-state index in [4.69, 9.17) is 24.7 Å². The molecule has 0 fully saturated rings. The van der Waals surface area contributed by atoms with E-state index in [0.717, 1.165) is 0 Å². The predicted octanol–water partition coefficient (Wildman–Crippen LogP) is 2.80. The Morgan fingerprint density at radius 2 is 1.84 bits per heavy atom. The average Bonchev–Trinajstić information content (AvgIpc) is 3.09. The van der Waals surface area contributed by atoms with Gasteiger partial charge in [0.25, 0.3) is 0 Å². The Bertz CT molecular complexity index is 1200. The minimum Gasteiger partial charge on any atom is -0.495 e. The fourth-order valence-electron chi connectivity index (χ4n) is 3.47. The van der Waals surface area contributed by atoms with E-state index in [-0.39, 0.29) is 36.0 Å². The van der Waals surface area contributed by atoms with Crippen LogP contribution in [0.25, 0.3) is 5.52 Å². The molecule has 1 aromatic carbocycles. The second kappa shape index (κ2) is 9.42. The third-order valence-corrected chi connectivity index (χ3v) is 4.92. The summed E-state index contributed by atoms with van der Waals surface area (Å²) in [5.41, 5.74) is 7.71. The molecule has 0 aliphatic carbocycles. The number of benzene rings is 1. The van der Waals surface area contributed by atoms with Crippen LogP contribution < -0.4 is 15.2 Å². The lowest BCUT2D eigenvalue weighted by atomic mass is 10.0. The second-order valence-corrected chi connectivity index (χ2v) is 6.81. The molecular formula is C23H24N2O7. The zero-order valence-corrected chi connectivity index (χ0v) is 18.3. The van der Waals surface area contributed by atoms with Gasteiger partial charge in [-0.1, -0.05) is 0 Å². The predicted molar refractivity (Wildman–Crippen MR) is 116 cm³/mol. The van der Waals surface area contributed by atoms with Crippen LogP contribution in [-0.2, 0) is 14.3 Å². The summed E-state index contributed by atoms with van der Waals surface area (Å²) >= 11 is 0. The number of carbonyl (C=O) groups excluding carboxylic acids is 3. The van der Waals surface area contributed by atoms with Crippen molar-refractivity contribution in [2.75, 3.05) is 33.2 Å². The number of esters is 2. The minimum atomic E-state index is -0.638. The lowest BCUT2D eigenvalue weighted by molar-refractivity contribution is -0.145. The number of nitrogens with zero attached hydrogens (tertiary/aromatic N) is 1. The maximum Gasteiger partial charge on any atom is 0.344 e. The number of nitrogen functional groups attached to an aromatic ring is 1. The molecule has 0 atom stereocenters. The van der Waals surface area contributed by atoms with Crippen LogP contribution >= 0.6 is 0 Å². The molecule has 0 saturated heterocycles. The van der Waals surface area contributed by atoms with Crippen molar-refractivity contribution in [3.63, 3.8) is 0 Å². The molecule has 0 bridgehead atoms. The van der Waals surface area contributed by atoms with Crippen molar-refractivity contribution in [3.05, 3.63) is 58.9 Å². The Labute approximate surface area is 184 Å². The first-order chi connectivity index (χ1) is 15.3. The lowest BCUT2D eigenvalue weighted by Gasteiger charge is -2.10. The summed E-state index contributed by atoms with van der Waals surface area (Å²) in [5.74, 6) is -0.948. The molecule has 0 saturated carbocycles. The summed E-state index contributed by atoms with van der Waals surface area (Å²) in [4.78, 5) is 37.9. The number of pyridine rings is 1. The Morgan fingerprint density at radius 3 is 2.50 bits per heavy atom. The third-order valence-electron chi connectivity index (χ3n) is 4.92. The molecule has 32 heavy (non-hydrogen) atoms. The average molecular weight is 440 g/mol. The van der Waals surface area contributed by atoms with Crippen molar-refractivity contribution in [1.29, 1.82) is 0 Å². The highest BCUT2D eigenvalue weighted by Crippen LogP contribution is 2.33. The first-order valence-electron chi connectivity index (χ1n) is 9.82. The molecule has 2 aromatic heterocycles. The van der Waals surface area contributed by atoms with Crippen molar-refractivity contribution >= 4 is 28.9 Å². The summed E-state index contributed by atoms with van der Waals surface area (Å²) < 4.78 is 22.2. The van der Waals surface area contributed by atoms with E-state index in [1.54, 1.807) is 48.7 Å². The molecule has 168 valence electrons. The van der Waals surface area contributed by atoms with Gasteiger partial charge in [0.05, 0.1) is 37.8 Å². The summed E-state index contributed by atoms with van der Waals surface area (Å²) in [6, 6.07) is 7.94. The summed E-state index contributed by atoms with van der Waals surface area (Å²) in [6.45, 7) is 3.20. The molecule has 0 radical (unpaired) electrons. The van der Waals surface area contributed by atoms with E-state index in [9.17, 15) is 14.4 Å². The van der Waals surface area contributed by atoms with E-state index in [1.165, 1.54) is 20.3 Å². The van der Waals surface area contributed by atoms with Gasteiger partial charge in [-0.25, -0.2) is 9.59 Å². The van der Waals surface area contributed by atoms with E-state index in [0.29, 0.717) is 28.1 Å². The lowest BCUT2D eigenvalue weighted by Crippen LogP contribution is -2.15. The standard InChI is InChI=1S/C23H24N2O7/c1-5-31-18(26)12-32-16-7-6-10-25-20(13(2)19(21(16)25)23(28)30-4)22(27)14-8-9-15(24)17(11-14)29-3/h6-11H,5,12,24H2,1-4H3. The van der Waals surface area contributed by atoms with Gasteiger partial charge in [0.15, 0.2) is 6.61 Å². The molecule has 9 nitrogen and oxygen atoms in total. The van der Waals surface area contributed by atoms with Crippen LogP contribution in [0.2, 0.25) is 0 Å². The van der Waals surface area contributed by atoms with Crippen LogP contribution in [0.5, 0.6) is 11.5 Å². The fourth-order valence-corrected chi connectivity index (χ4v) is 3.47. The maximum atomic E-state index is 13.5. The SMILES string of the molecule is CCOC(=O)COc1cccn2c(C(=O)c3ccc(N)c(OC)c3)c(C)c(C(=O)OC)c12. The molecular weight excluding hydrogens is 416 g/mol. The van der Waals surface area contributed by atoms with E-state index in [2.05, 4.69) is 0 Å². The number of hydrogen-bond donors (Lipinski definition) is 1. The molecule has 0 unspecified atom stereocenters. The molecule has 0 amide bonds. The smallest absolute Gasteiger partial charge is 0.344 e. The molecule has 2 N–H and O–H groups in total. The van der Waals surface area contributed by atoms with Crippen LogP contribution in [0.3, 0.4) is 0 Å². The Hall–Kier alpha value is -4.01. The highest BCUT2D eigenvalue weighted by Gasteiger charge is 2.28. The van der Waals surface area contributed by atoms with Crippen LogP contribution in [-0.4, -0.2) is 49.6 Å². The van der Waals surface area contributed by atoms with Gasteiger partial charge in [-0.3, -0.25) is 4.79 Å². The Balaban J connectivity index is 2.18. The van der Waals surface area contributed by atoms with Gasteiger partial charge in [0, 0.05) is 11.8 Å². The third kappa shape index (κ3) is 4.09. The number of ketones is 1. The van der Waals surface area contributed by atoms with Crippen molar-refractivity contribution in [2.45, 2.75) is 13.8 Å². The fraction of sp³-hybridized carbons (Fsp3) is 0.261. The van der Waals surface area contributed by atoms with Crippen molar-refractivity contribution in [3.8, 4) is 11.5 Å². The number of fused-ring (bicyclic) bond motifs is 1. The van der Waals surface area contributed by atoms with Gasteiger partial charge in [0.2, 0.25) is 5.78 Å². The Morgan fingerprint density at radius 1 is 1.09 bits per heavy atom. The largest absolute Gasteiger partial charge is 0.495 e. The summed E-state index contributed by atoms with van der Waals surface area (Å²) in [6.07, 6.45) is 1.63. The maximum absolute atomic E-state index is 13.5. The molecule has 2 heterocycles. The zero-order valence-electron chi connectivity index (χ0n) is 18.3. The molecule has 0 aliphatic rings. The summed E-state index contributed by atoms with van der Waals surface area (Å²) in [5, 5.41) is 0. The van der Waals surface area contributed by atoms with Gasteiger partial charge >= 0.3 is 11.9 Å². The molecule has 3 rings (SSSR count). The van der Waals surface area contributed by atoms with E-state index in [1.807, 2.05) is 0 Å².